The van der Waals surface area contributed by atoms with E-state index in [4.69, 9.17) is 5.14 Å². The molecule has 0 spiro atoms. The Morgan fingerprint density at radius 3 is 2.54 bits per heavy atom. The third kappa shape index (κ3) is 3.24. The number of nitro benzene ring substituents is 1. The summed E-state index contributed by atoms with van der Waals surface area (Å²) in [6, 6.07) is 5.71. The Morgan fingerprint density at radius 1 is 1.29 bits per heavy atom. The van der Waals surface area contributed by atoms with E-state index in [0.29, 0.717) is 24.7 Å². The summed E-state index contributed by atoms with van der Waals surface area (Å²) >= 11 is 0. The molecule has 1 aromatic carbocycles. The zero-order valence-corrected chi connectivity index (χ0v) is 13.6. The van der Waals surface area contributed by atoms with Crippen molar-refractivity contribution >= 4 is 21.4 Å². The van der Waals surface area contributed by atoms with Crippen LogP contribution < -0.4 is 10.0 Å². The second kappa shape index (κ2) is 6.21. The maximum absolute atomic E-state index is 11.4. The second-order valence-corrected chi connectivity index (χ2v) is 7.29. The van der Waals surface area contributed by atoms with E-state index in [9.17, 15) is 18.5 Å². The van der Waals surface area contributed by atoms with Gasteiger partial charge in [-0.15, -0.1) is 0 Å². The summed E-state index contributed by atoms with van der Waals surface area (Å²) in [7, 11) is -3.98. The molecule has 2 aromatic rings. The number of aromatic nitrogens is 2. The SMILES string of the molecule is NS(=O)(=O)c1ccc(N2CCC(c3ccn[nH]3)CC2)c([N+](=O)[O-])c1. The highest BCUT2D eigenvalue weighted by molar-refractivity contribution is 7.89. The molecule has 9 nitrogen and oxygen atoms in total. The number of benzene rings is 1. The maximum Gasteiger partial charge on any atom is 0.293 e. The van der Waals surface area contributed by atoms with Crippen molar-refractivity contribution in [2.45, 2.75) is 23.7 Å². The Labute approximate surface area is 138 Å². The number of nitrogens with one attached hydrogen (secondary N) is 1. The molecular weight excluding hydrogens is 334 g/mol. The van der Waals surface area contributed by atoms with E-state index >= 15 is 0 Å². The summed E-state index contributed by atoms with van der Waals surface area (Å²) in [5.74, 6) is 0.339. The highest BCUT2D eigenvalue weighted by Crippen LogP contribution is 2.35. The lowest BCUT2D eigenvalue weighted by atomic mass is 9.93. The summed E-state index contributed by atoms with van der Waals surface area (Å²) in [4.78, 5) is 12.4. The standard InChI is InChI=1S/C14H17N5O4S/c15-24(22,23)11-1-2-13(14(9-11)19(20)21)18-7-4-10(5-8-18)12-3-6-16-17-12/h1-3,6,9-10H,4-5,7-8H2,(H,16,17)(H2,15,22,23). The fourth-order valence-corrected chi connectivity index (χ4v) is 3.55. The van der Waals surface area contributed by atoms with E-state index < -0.39 is 14.9 Å². The van der Waals surface area contributed by atoms with Crippen LogP contribution in [0.3, 0.4) is 0 Å². The van der Waals surface area contributed by atoms with E-state index in [2.05, 4.69) is 10.2 Å². The Morgan fingerprint density at radius 2 is 2.00 bits per heavy atom. The van der Waals surface area contributed by atoms with Crippen molar-refractivity contribution in [1.29, 1.82) is 0 Å². The second-order valence-electron chi connectivity index (χ2n) is 5.73. The number of hydrogen-bond acceptors (Lipinski definition) is 6. The first kappa shape index (κ1) is 16.4. The minimum absolute atomic E-state index is 0.249. The van der Waals surface area contributed by atoms with Crippen LogP contribution in [0.4, 0.5) is 11.4 Å². The highest BCUT2D eigenvalue weighted by atomic mass is 32.2. The van der Waals surface area contributed by atoms with Gasteiger partial charge in [-0.05, 0) is 31.0 Å². The summed E-state index contributed by atoms with van der Waals surface area (Å²) in [6.45, 7) is 1.28. The van der Waals surface area contributed by atoms with Gasteiger partial charge in [0.1, 0.15) is 5.69 Å². The van der Waals surface area contributed by atoms with Gasteiger partial charge in [0.25, 0.3) is 5.69 Å². The van der Waals surface area contributed by atoms with Crippen LogP contribution in [0, 0.1) is 10.1 Å². The average molecular weight is 351 g/mol. The lowest BCUT2D eigenvalue weighted by Crippen LogP contribution is -2.33. The van der Waals surface area contributed by atoms with E-state index in [-0.39, 0.29) is 10.6 Å². The first-order chi connectivity index (χ1) is 11.4. The fourth-order valence-electron chi connectivity index (χ4n) is 3.02. The largest absolute Gasteiger partial charge is 0.366 e. The van der Waals surface area contributed by atoms with Gasteiger partial charge in [-0.25, -0.2) is 13.6 Å². The molecule has 1 fully saturated rings. The third-order valence-electron chi connectivity index (χ3n) is 4.27. The van der Waals surface area contributed by atoms with Crippen molar-refractivity contribution in [3.8, 4) is 0 Å². The van der Waals surface area contributed by atoms with Crippen molar-refractivity contribution in [2.75, 3.05) is 18.0 Å². The fraction of sp³-hybridized carbons (Fsp3) is 0.357. The van der Waals surface area contributed by atoms with Crippen LogP contribution in [0.2, 0.25) is 0 Å². The van der Waals surface area contributed by atoms with Gasteiger partial charge in [0.15, 0.2) is 0 Å². The molecule has 10 heteroatoms. The number of nitro groups is 1. The van der Waals surface area contributed by atoms with Crippen LogP contribution in [-0.4, -0.2) is 36.6 Å². The third-order valence-corrected chi connectivity index (χ3v) is 5.18. The molecule has 1 aromatic heterocycles. The molecule has 0 amide bonds. The number of H-pyrrole nitrogens is 1. The van der Waals surface area contributed by atoms with Gasteiger partial charge in [0.05, 0.1) is 9.82 Å². The van der Waals surface area contributed by atoms with E-state index in [1.807, 2.05) is 11.0 Å². The zero-order chi connectivity index (χ0) is 17.3. The Hall–Kier alpha value is -2.46. The number of primary sulfonamides is 1. The number of nitrogens with zero attached hydrogens (tertiary/aromatic N) is 3. The predicted octanol–water partition coefficient (Wildman–Crippen LogP) is 1.35. The number of hydrogen-bond donors (Lipinski definition) is 2. The van der Waals surface area contributed by atoms with Gasteiger partial charge in [-0.2, -0.15) is 5.10 Å². The normalized spacial score (nSPS) is 16.3. The molecule has 3 N–H and O–H groups in total. The van der Waals surface area contributed by atoms with E-state index in [1.54, 1.807) is 6.20 Å². The monoisotopic (exact) mass is 351 g/mol. The van der Waals surface area contributed by atoms with Crippen LogP contribution in [-0.2, 0) is 10.0 Å². The maximum atomic E-state index is 11.4. The van der Waals surface area contributed by atoms with Crippen LogP contribution in [0.1, 0.15) is 24.5 Å². The number of piperidine rings is 1. The van der Waals surface area contributed by atoms with Gasteiger partial charge in [0.2, 0.25) is 10.0 Å². The molecular formula is C14H17N5O4S. The molecule has 128 valence electrons. The van der Waals surface area contributed by atoms with E-state index in [1.165, 1.54) is 12.1 Å². The molecule has 1 saturated heterocycles. The minimum Gasteiger partial charge on any atom is -0.366 e. The summed E-state index contributed by atoms with van der Waals surface area (Å²) in [6.07, 6.45) is 3.37. The number of sulfonamides is 1. The molecule has 0 radical (unpaired) electrons. The summed E-state index contributed by atoms with van der Waals surface area (Å²) in [5.41, 5.74) is 1.23. The number of rotatable bonds is 4. The smallest absolute Gasteiger partial charge is 0.293 e. The van der Waals surface area contributed by atoms with Gasteiger partial charge in [-0.3, -0.25) is 15.2 Å². The molecule has 0 aliphatic carbocycles. The highest BCUT2D eigenvalue weighted by Gasteiger charge is 2.27. The number of aromatic amines is 1. The number of nitrogens with two attached hydrogens (primary N) is 1. The van der Waals surface area contributed by atoms with Crippen molar-refractivity contribution in [3.05, 3.63) is 46.3 Å². The van der Waals surface area contributed by atoms with Crippen LogP contribution >= 0.6 is 0 Å². The molecule has 0 bridgehead atoms. The van der Waals surface area contributed by atoms with Crippen LogP contribution in [0.15, 0.2) is 35.4 Å². The van der Waals surface area contributed by atoms with Crippen molar-refractivity contribution in [1.82, 2.24) is 10.2 Å². The first-order valence-electron chi connectivity index (χ1n) is 7.41. The molecule has 2 heterocycles. The first-order valence-corrected chi connectivity index (χ1v) is 8.96. The molecule has 0 unspecified atom stereocenters. The zero-order valence-electron chi connectivity index (χ0n) is 12.8. The molecule has 1 aliphatic heterocycles. The molecule has 0 saturated carbocycles. The van der Waals surface area contributed by atoms with Crippen molar-refractivity contribution in [2.24, 2.45) is 5.14 Å². The van der Waals surface area contributed by atoms with Gasteiger partial charge < -0.3 is 4.90 Å². The van der Waals surface area contributed by atoms with E-state index in [0.717, 1.165) is 24.6 Å². The van der Waals surface area contributed by atoms with Crippen LogP contribution in [0.5, 0.6) is 0 Å². The molecule has 3 rings (SSSR count). The van der Waals surface area contributed by atoms with Crippen LogP contribution in [0.25, 0.3) is 0 Å². The molecule has 24 heavy (non-hydrogen) atoms. The van der Waals surface area contributed by atoms with Crippen molar-refractivity contribution in [3.63, 3.8) is 0 Å². The van der Waals surface area contributed by atoms with Gasteiger partial charge >= 0.3 is 0 Å². The topological polar surface area (TPSA) is 135 Å². The predicted molar refractivity (Wildman–Crippen MR) is 87.2 cm³/mol. The Balaban J connectivity index is 1.84. The Bertz CT molecular complexity index is 842. The van der Waals surface area contributed by atoms with Gasteiger partial charge in [0, 0.05) is 37.0 Å². The minimum atomic E-state index is -3.98. The lowest BCUT2D eigenvalue weighted by molar-refractivity contribution is -0.384. The lowest BCUT2D eigenvalue weighted by Gasteiger charge is -2.32. The summed E-state index contributed by atoms with van der Waals surface area (Å²) < 4.78 is 22.8. The van der Waals surface area contributed by atoms with Gasteiger partial charge in [-0.1, -0.05) is 0 Å². The Kier molecular flexibility index (Phi) is 4.24. The summed E-state index contributed by atoms with van der Waals surface area (Å²) in [5, 5.41) is 23.3. The average Bonchev–Trinajstić information content (AvgIpc) is 3.08. The van der Waals surface area contributed by atoms with Crippen molar-refractivity contribution < 1.29 is 13.3 Å². The molecule has 1 aliphatic rings. The number of anilines is 1. The quantitative estimate of drug-likeness (QED) is 0.630. The molecule has 0 atom stereocenters.